The standard InChI is InChI=1S/C13H13BrO3S/c1-16-11-4-3-8(5-12(11)17-2)13(15)9-6-18-7-10(9)14/h3-7,13,15H,1-2H3. The lowest BCUT2D eigenvalue weighted by molar-refractivity contribution is 0.219. The lowest BCUT2D eigenvalue weighted by Crippen LogP contribution is -2.00. The highest BCUT2D eigenvalue weighted by Gasteiger charge is 2.16. The van der Waals surface area contributed by atoms with Gasteiger partial charge in [-0.2, -0.15) is 11.3 Å². The van der Waals surface area contributed by atoms with Gasteiger partial charge in [0, 0.05) is 15.4 Å². The van der Waals surface area contributed by atoms with Crippen LogP contribution in [0.2, 0.25) is 0 Å². The van der Waals surface area contributed by atoms with Crippen molar-refractivity contribution in [3.8, 4) is 11.5 Å². The number of hydrogen-bond donors (Lipinski definition) is 1. The number of benzene rings is 1. The van der Waals surface area contributed by atoms with Crippen LogP contribution in [-0.4, -0.2) is 19.3 Å². The molecule has 0 saturated heterocycles. The maximum Gasteiger partial charge on any atom is 0.161 e. The van der Waals surface area contributed by atoms with Gasteiger partial charge in [0.1, 0.15) is 6.10 Å². The lowest BCUT2D eigenvalue weighted by atomic mass is 10.0. The fraction of sp³-hybridized carbons (Fsp3) is 0.231. The Labute approximate surface area is 118 Å². The number of aliphatic hydroxyl groups is 1. The largest absolute Gasteiger partial charge is 0.493 e. The van der Waals surface area contributed by atoms with Crippen molar-refractivity contribution in [3.05, 3.63) is 44.6 Å². The van der Waals surface area contributed by atoms with E-state index in [-0.39, 0.29) is 0 Å². The quantitative estimate of drug-likeness (QED) is 0.931. The molecule has 2 rings (SSSR count). The fourth-order valence-corrected chi connectivity index (χ4v) is 3.22. The highest BCUT2D eigenvalue weighted by molar-refractivity contribution is 9.10. The Bertz CT molecular complexity index is 539. The molecule has 0 fully saturated rings. The predicted molar refractivity (Wildman–Crippen MR) is 75.6 cm³/mol. The van der Waals surface area contributed by atoms with Gasteiger partial charge in [-0.15, -0.1) is 0 Å². The van der Waals surface area contributed by atoms with Crippen LogP contribution in [0.4, 0.5) is 0 Å². The minimum Gasteiger partial charge on any atom is -0.493 e. The molecule has 0 saturated carbocycles. The van der Waals surface area contributed by atoms with Crippen LogP contribution in [0.15, 0.2) is 33.4 Å². The zero-order valence-corrected chi connectivity index (χ0v) is 12.4. The van der Waals surface area contributed by atoms with Crippen molar-refractivity contribution in [2.75, 3.05) is 14.2 Å². The first-order valence-corrected chi connectivity index (χ1v) is 7.02. The maximum absolute atomic E-state index is 10.3. The average molecular weight is 329 g/mol. The van der Waals surface area contributed by atoms with Crippen LogP contribution in [0.25, 0.3) is 0 Å². The lowest BCUT2D eigenvalue weighted by Gasteiger charge is -2.14. The third-order valence-corrected chi connectivity index (χ3v) is 4.41. The van der Waals surface area contributed by atoms with E-state index in [0.29, 0.717) is 11.5 Å². The maximum atomic E-state index is 10.3. The molecule has 1 heterocycles. The van der Waals surface area contributed by atoms with E-state index in [0.717, 1.165) is 15.6 Å². The topological polar surface area (TPSA) is 38.7 Å². The van der Waals surface area contributed by atoms with Crippen LogP contribution in [0.1, 0.15) is 17.2 Å². The molecule has 1 aromatic carbocycles. The van der Waals surface area contributed by atoms with Crippen LogP contribution < -0.4 is 9.47 Å². The number of ether oxygens (including phenoxy) is 2. The molecule has 1 aromatic heterocycles. The Morgan fingerprint density at radius 2 is 1.89 bits per heavy atom. The molecule has 1 unspecified atom stereocenters. The van der Waals surface area contributed by atoms with Crippen molar-refractivity contribution in [1.82, 2.24) is 0 Å². The molecule has 0 amide bonds. The molecule has 2 aromatic rings. The van der Waals surface area contributed by atoms with Crippen LogP contribution >= 0.6 is 27.3 Å². The van der Waals surface area contributed by atoms with Gasteiger partial charge in [-0.3, -0.25) is 0 Å². The molecule has 0 aliphatic heterocycles. The van der Waals surface area contributed by atoms with Crippen LogP contribution in [0.5, 0.6) is 11.5 Å². The summed E-state index contributed by atoms with van der Waals surface area (Å²) in [6.45, 7) is 0. The molecule has 96 valence electrons. The Balaban J connectivity index is 2.37. The van der Waals surface area contributed by atoms with E-state index in [9.17, 15) is 5.11 Å². The van der Waals surface area contributed by atoms with Gasteiger partial charge >= 0.3 is 0 Å². The van der Waals surface area contributed by atoms with E-state index in [4.69, 9.17) is 9.47 Å². The number of halogens is 1. The molecule has 1 N–H and O–H groups in total. The smallest absolute Gasteiger partial charge is 0.161 e. The molecule has 1 atom stereocenters. The summed E-state index contributed by atoms with van der Waals surface area (Å²) in [4.78, 5) is 0. The van der Waals surface area contributed by atoms with Crippen LogP contribution in [-0.2, 0) is 0 Å². The second-order valence-corrected chi connectivity index (χ2v) is 5.29. The third-order valence-electron chi connectivity index (χ3n) is 2.66. The second kappa shape index (κ2) is 5.73. The van der Waals surface area contributed by atoms with Gasteiger partial charge in [0.25, 0.3) is 0 Å². The van der Waals surface area contributed by atoms with Crippen LogP contribution in [0, 0.1) is 0 Å². The Hall–Kier alpha value is -1.04. The SMILES string of the molecule is COc1ccc(C(O)c2cscc2Br)cc1OC. The molecule has 0 aliphatic carbocycles. The number of methoxy groups -OCH3 is 2. The summed E-state index contributed by atoms with van der Waals surface area (Å²) in [5.41, 5.74) is 1.62. The van der Waals surface area contributed by atoms with E-state index in [2.05, 4.69) is 15.9 Å². The van der Waals surface area contributed by atoms with Gasteiger partial charge in [-0.05, 0) is 39.0 Å². The summed E-state index contributed by atoms with van der Waals surface area (Å²) in [6, 6.07) is 5.40. The molecule has 0 bridgehead atoms. The summed E-state index contributed by atoms with van der Waals surface area (Å²) in [7, 11) is 3.16. The van der Waals surface area contributed by atoms with E-state index in [1.165, 1.54) is 0 Å². The summed E-state index contributed by atoms with van der Waals surface area (Å²) in [6.07, 6.45) is -0.676. The van der Waals surface area contributed by atoms with Gasteiger partial charge < -0.3 is 14.6 Å². The normalized spacial score (nSPS) is 12.2. The molecule has 0 spiro atoms. The van der Waals surface area contributed by atoms with Crippen molar-refractivity contribution in [3.63, 3.8) is 0 Å². The second-order valence-electron chi connectivity index (χ2n) is 3.69. The number of thiophene rings is 1. The fourth-order valence-electron chi connectivity index (χ4n) is 1.69. The summed E-state index contributed by atoms with van der Waals surface area (Å²) in [5, 5.41) is 14.2. The number of aliphatic hydroxyl groups excluding tert-OH is 1. The van der Waals surface area contributed by atoms with Gasteiger partial charge in [0.05, 0.1) is 14.2 Å². The Morgan fingerprint density at radius 3 is 2.44 bits per heavy atom. The van der Waals surface area contributed by atoms with Crippen molar-refractivity contribution >= 4 is 27.3 Å². The molecule has 0 radical (unpaired) electrons. The molecule has 5 heteroatoms. The Kier molecular flexibility index (Phi) is 4.27. The van der Waals surface area contributed by atoms with Crippen molar-refractivity contribution < 1.29 is 14.6 Å². The zero-order chi connectivity index (χ0) is 13.1. The van der Waals surface area contributed by atoms with Gasteiger partial charge in [-0.25, -0.2) is 0 Å². The van der Waals surface area contributed by atoms with E-state index >= 15 is 0 Å². The van der Waals surface area contributed by atoms with E-state index < -0.39 is 6.10 Å². The minimum atomic E-state index is -0.676. The first kappa shape index (κ1) is 13.4. The highest BCUT2D eigenvalue weighted by atomic mass is 79.9. The minimum absolute atomic E-state index is 0.611. The summed E-state index contributed by atoms with van der Waals surface area (Å²) in [5.74, 6) is 1.26. The number of rotatable bonds is 4. The number of hydrogen-bond acceptors (Lipinski definition) is 4. The van der Waals surface area contributed by atoms with Gasteiger partial charge in [0.15, 0.2) is 11.5 Å². The van der Waals surface area contributed by atoms with Gasteiger partial charge in [-0.1, -0.05) is 6.07 Å². The first-order valence-electron chi connectivity index (χ1n) is 5.29. The molecular weight excluding hydrogens is 316 g/mol. The van der Waals surface area contributed by atoms with Crippen LogP contribution in [0.3, 0.4) is 0 Å². The predicted octanol–water partition coefficient (Wildman–Crippen LogP) is 3.61. The molecule has 0 aliphatic rings. The summed E-state index contributed by atoms with van der Waals surface area (Å²) >= 11 is 4.97. The molecule has 18 heavy (non-hydrogen) atoms. The van der Waals surface area contributed by atoms with Gasteiger partial charge in [0.2, 0.25) is 0 Å². The molecular formula is C13H13BrO3S. The first-order chi connectivity index (χ1) is 8.67. The summed E-state index contributed by atoms with van der Waals surface area (Å²) < 4.78 is 11.3. The third kappa shape index (κ3) is 2.53. The van der Waals surface area contributed by atoms with Crippen molar-refractivity contribution in [2.45, 2.75) is 6.10 Å². The highest BCUT2D eigenvalue weighted by Crippen LogP contribution is 2.35. The van der Waals surface area contributed by atoms with Crippen molar-refractivity contribution in [2.24, 2.45) is 0 Å². The average Bonchev–Trinajstić information content (AvgIpc) is 2.83. The Morgan fingerprint density at radius 1 is 1.17 bits per heavy atom. The zero-order valence-electron chi connectivity index (χ0n) is 10.0. The van der Waals surface area contributed by atoms with E-state index in [1.54, 1.807) is 37.7 Å². The monoisotopic (exact) mass is 328 g/mol. The van der Waals surface area contributed by atoms with Crippen molar-refractivity contribution in [1.29, 1.82) is 0 Å². The molecule has 3 nitrogen and oxygen atoms in total. The van der Waals surface area contributed by atoms with E-state index in [1.807, 2.05) is 16.8 Å².